The fourth-order valence-electron chi connectivity index (χ4n) is 3.58. The number of hydrogen-bond donors (Lipinski definition) is 1. The Labute approximate surface area is 137 Å². The van der Waals surface area contributed by atoms with Crippen molar-refractivity contribution in [2.24, 2.45) is 5.92 Å². The van der Waals surface area contributed by atoms with Gasteiger partial charge in [0.25, 0.3) is 0 Å². The lowest BCUT2D eigenvalue weighted by Crippen LogP contribution is -2.51. The number of nitriles is 1. The lowest BCUT2D eigenvalue weighted by molar-refractivity contribution is -0.124. The lowest BCUT2D eigenvalue weighted by atomic mass is 9.98. The molecule has 1 heterocycles. The Bertz CT molecular complexity index is 568. The van der Waals surface area contributed by atoms with Gasteiger partial charge >= 0.3 is 0 Å². The molecule has 1 N–H and O–H groups in total. The van der Waals surface area contributed by atoms with Crippen LogP contribution in [0.3, 0.4) is 0 Å². The van der Waals surface area contributed by atoms with Gasteiger partial charge in [0.2, 0.25) is 5.91 Å². The largest absolute Gasteiger partial charge is 0.468 e. The summed E-state index contributed by atoms with van der Waals surface area (Å²) in [4.78, 5) is 14.7. The summed E-state index contributed by atoms with van der Waals surface area (Å²) < 4.78 is 5.45. The zero-order chi connectivity index (χ0) is 16.3. The van der Waals surface area contributed by atoms with E-state index in [-0.39, 0.29) is 5.91 Å². The molecule has 0 radical (unpaired) electrons. The first kappa shape index (κ1) is 16.1. The van der Waals surface area contributed by atoms with Crippen molar-refractivity contribution in [3.8, 4) is 6.07 Å². The normalized spacial score (nSPS) is 21.1. The number of rotatable bonds is 7. The van der Waals surface area contributed by atoms with Crippen molar-refractivity contribution in [2.45, 2.75) is 63.6 Å². The minimum atomic E-state index is -0.719. The Morgan fingerprint density at radius 1 is 1.43 bits per heavy atom. The monoisotopic (exact) mass is 315 g/mol. The highest BCUT2D eigenvalue weighted by molar-refractivity contribution is 5.79. The molecule has 0 saturated heterocycles. The third-order valence-corrected chi connectivity index (χ3v) is 5.15. The number of carbonyl (C=O) groups is 1. The van der Waals surface area contributed by atoms with Crippen molar-refractivity contribution in [1.29, 1.82) is 5.26 Å². The smallest absolute Gasteiger partial charge is 0.235 e. The summed E-state index contributed by atoms with van der Waals surface area (Å²) in [6.45, 7) is 2.82. The van der Waals surface area contributed by atoms with Crippen LogP contribution >= 0.6 is 0 Å². The fourth-order valence-corrected chi connectivity index (χ4v) is 3.58. The molecule has 5 heteroatoms. The Balaban J connectivity index is 1.62. The van der Waals surface area contributed by atoms with Crippen LogP contribution in [-0.4, -0.2) is 28.9 Å². The van der Waals surface area contributed by atoms with Crippen molar-refractivity contribution < 1.29 is 9.21 Å². The third-order valence-electron chi connectivity index (χ3n) is 5.15. The molecule has 5 nitrogen and oxygen atoms in total. The molecule has 0 aliphatic heterocycles. The second-order valence-electron chi connectivity index (χ2n) is 7.06. The molecule has 0 aromatic carbocycles. The van der Waals surface area contributed by atoms with Gasteiger partial charge in [0, 0.05) is 6.04 Å². The van der Waals surface area contributed by atoms with Crippen molar-refractivity contribution in [3.63, 3.8) is 0 Å². The van der Waals surface area contributed by atoms with Crippen molar-refractivity contribution in [2.75, 3.05) is 6.54 Å². The molecule has 1 aromatic heterocycles. The van der Waals surface area contributed by atoms with Crippen molar-refractivity contribution in [3.05, 3.63) is 24.2 Å². The summed E-state index contributed by atoms with van der Waals surface area (Å²) >= 11 is 0. The third kappa shape index (κ3) is 3.94. The van der Waals surface area contributed by atoms with Gasteiger partial charge in [-0.25, -0.2) is 0 Å². The molecule has 23 heavy (non-hydrogen) atoms. The molecular formula is C18H25N3O2. The van der Waals surface area contributed by atoms with Gasteiger partial charge in [-0.05, 0) is 50.7 Å². The minimum Gasteiger partial charge on any atom is -0.468 e. The number of nitrogens with one attached hydrogen (secondary N) is 1. The molecule has 2 saturated carbocycles. The minimum absolute atomic E-state index is 0.0561. The Morgan fingerprint density at radius 3 is 2.74 bits per heavy atom. The summed E-state index contributed by atoms with van der Waals surface area (Å²) in [6.07, 6.45) is 8.43. The molecule has 1 atom stereocenters. The van der Waals surface area contributed by atoms with Crippen LogP contribution in [-0.2, 0) is 11.3 Å². The SMILES string of the molecule is C[C@@](C#N)(NC(=O)CN(Cc1ccco1)C1CCCC1)C1CC1. The van der Waals surface area contributed by atoms with E-state index in [0.29, 0.717) is 25.0 Å². The van der Waals surface area contributed by atoms with E-state index in [4.69, 9.17) is 4.42 Å². The highest BCUT2D eigenvalue weighted by atomic mass is 16.3. The van der Waals surface area contributed by atoms with Crippen LogP contribution in [0.5, 0.6) is 0 Å². The first-order valence-corrected chi connectivity index (χ1v) is 8.59. The summed E-state index contributed by atoms with van der Waals surface area (Å²) in [7, 11) is 0. The average molecular weight is 315 g/mol. The van der Waals surface area contributed by atoms with E-state index in [2.05, 4.69) is 16.3 Å². The van der Waals surface area contributed by atoms with E-state index >= 15 is 0 Å². The maximum atomic E-state index is 12.5. The van der Waals surface area contributed by atoms with E-state index in [9.17, 15) is 10.1 Å². The highest BCUT2D eigenvalue weighted by Crippen LogP contribution is 2.39. The number of amides is 1. The summed E-state index contributed by atoms with van der Waals surface area (Å²) in [6, 6.07) is 6.55. The van der Waals surface area contributed by atoms with E-state index in [1.54, 1.807) is 6.26 Å². The van der Waals surface area contributed by atoms with E-state index in [0.717, 1.165) is 31.4 Å². The van der Waals surface area contributed by atoms with Gasteiger partial charge in [-0.15, -0.1) is 0 Å². The number of nitrogens with zero attached hydrogens (tertiary/aromatic N) is 2. The predicted octanol–water partition coefficient (Wildman–Crippen LogP) is 2.83. The lowest BCUT2D eigenvalue weighted by Gasteiger charge is -2.29. The van der Waals surface area contributed by atoms with Gasteiger partial charge < -0.3 is 9.73 Å². The van der Waals surface area contributed by atoms with Crippen molar-refractivity contribution >= 4 is 5.91 Å². The molecule has 1 amide bonds. The van der Waals surface area contributed by atoms with Crippen LogP contribution in [0.25, 0.3) is 0 Å². The van der Waals surface area contributed by atoms with E-state index in [1.807, 2.05) is 19.1 Å². The maximum Gasteiger partial charge on any atom is 0.235 e. The van der Waals surface area contributed by atoms with Crippen LogP contribution in [0, 0.1) is 17.2 Å². The molecule has 2 aliphatic carbocycles. The molecular weight excluding hydrogens is 290 g/mol. The standard InChI is InChI=1S/C18H25N3O2/c1-18(13-19,14-8-9-14)20-17(22)12-21(15-5-2-3-6-15)11-16-7-4-10-23-16/h4,7,10,14-15H,2-3,5-6,8-9,11-12H2,1H3,(H,20,22)/t18-/m0/s1. The molecule has 0 bridgehead atoms. The molecule has 0 unspecified atom stereocenters. The zero-order valence-electron chi connectivity index (χ0n) is 13.8. The summed E-state index contributed by atoms with van der Waals surface area (Å²) in [5.41, 5.74) is -0.719. The molecule has 1 aromatic rings. The van der Waals surface area contributed by atoms with Gasteiger partial charge in [-0.1, -0.05) is 12.8 Å². The van der Waals surface area contributed by atoms with E-state index in [1.165, 1.54) is 12.8 Å². The van der Waals surface area contributed by atoms with Crippen LogP contribution in [0.15, 0.2) is 22.8 Å². The first-order valence-electron chi connectivity index (χ1n) is 8.59. The fraction of sp³-hybridized carbons (Fsp3) is 0.667. The van der Waals surface area contributed by atoms with Crippen LogP contribution in [0.4, 0.5) is 0 Å². The van der Waals surface area contributed by atoms with Gasteiger partial charge in [0.05, 0.1) is 25.4 Å². The van der Waals surface area contributed by atoms with E-state index < -0.39 is 5.54 Å². The molecule has 124 valence electrons. The van der Waals surface area contributed by atoms with Crippen LogP contribution in [0.1, 0.15) is 51.2 Å². The Hall–Kier alpha value is -1.80. The summed E-state index contributed by atoms with van der Waals surface area (Å²) in [5, 5.41) is 12.4. The van der Waals surface area contributed by atoms with Gasteiger partial charge in [0.15, 0.2) is 0 Å². The maximum absolute atomic E-state index is 12.5. The highest BCUT2D eigenvalue weighted by Gasteiger charge is 2.43. The topological polar surface area (TPSA) is 69.3 Å². The predicted molar refractivity (Wildman–Crippen MR) is 86.3 cm³/mol. The Kier molecular flexibility index (Phi) is 4.72. The van der Waals surface area contributed by atoms with Crippen LogP contribution in [0.2, 0.25) is 0 Å². The molecule has 2 fully saturated rings. The zero-order valence-corrected chi connectivity index (χ0v) is 13.8. The van der Waals surface area contributed by atoms with Crippen molar-refractivity contribution in [1.82, 2.24) is 10.2 Å². The number of carbonyl (C=O) groups excluding carboxylic acids is 1. The van der Waals surface area contributed by atoms with Gasteiger partial charge in [0.1, 0.15) is 11.3 Å². The van der Waals surface area contributed by atoms with Crippen LogP contribution < -0.4 is 5.32 Å². The Morgan fingerprint density at radius 2 is 2.17 bits per heavy atom. The van der Waals surface area contributed by atoms with Gasteiger partial charge in [-0.3, -0.25) is 9.69 Å². The molecule has 3 rings (SSSR count). The molecule has 2 aliphatic rings. The second kappa shape index (κ2) is 6.76. The summed E-state index contributed by atoms with van der Waals surface area (Å²) in [5.74, 6) is 1.13. The first-order chi connectivity index (χ1) is 11.1. The molecule has 0 spiro atoms. The number of furan rings is 1. The number of hydrogen-bond acceptors (Lipinski definition) is 4. The second-order valence-corrected chi connectivity index (χ2v) is 7.06. The quantitative estimate of drug-likeness (QED) is 0.840. The van der Waals surface area contributed by atoms with Gasteiger partial charge in [-0.2, -0.15) is 5.26 Å². The average Bonchev–Trinajstić information content (AvgIpc) is 3.03.